The van der Waals surface area contributed by atoms with Crippen LogP contribution in [0.5, 0.6) is 0 Å². The summed E-state index contributed by atoms with van der Waals surface area (Å²) in [6.07, 6.45) is 6.06. The van der Waals surface area contributed by atoms with Crippen molar-refractivity contribution in [2.24, 2.45) is 11.3 Å². The van der Waals surface area contributed by atoms with E-state index in [1.807, 2.05) is 6.07 Å². The van der Waals surface area contributed by atoms with Gasteiger partial charge in [0, 0.05) is 12.4 Å². The molecule has 152 valence electrons. The molecular formula is C20H31N6O2+. The lowest BCUT2D eigenvalue weighted by Gasteiger charge is -2.43. The molecule has 1 spiro atoms. The van der Waals surface area contributed by atoms with Gasteiger partial charge in [0.1, 0.15) is 5.54 Å². The molecular weight excluding hydrogens is 356 g/mol. The largest absolute Gasteiger partial charge is 0.330 e. The highest BCUT2D eigenvalue weighted by Gasteiger charge is 2.56. The number of imide groups is 1. The molecule has 2 atom stereocenters. The Labute approximate surface area is 166 Å². The Bertz CT molecular complexity index is 746. The predicted molar refractivity (Wildman–Crippen MR) is 105 cm³/mol. The van der Waals surface area contributed by atoms with Gasteiger partial charge in [-0.3, -0.25) is 4.79 Å². The van der Waals surface area contributed by atoms with Gasteiger partial charge in [-0.1, -0.05) is 20.8 Å². The molecule has 0 aromatic carbocycles. The van der Waals surface area contributed by atoms with E-state index >= 15 is 0 Å². The van der Waals surface area contributed by atoms with Crippen LogP contribution in [0.4, 0.5) is 10.7 Å². The number of anilines is 1. The van der Waals surface area contributed by atoms with Gasteiger partial charge in [-0.05, 0) is 36.7 Å². The lowest BCUT2D eigenvalue weighted by molar-refractivity contribution is -0.907. The summed E-state index contributed by atoms with van der Waals surface area (Å²) >= 11 is 0. The number of nitrogens with one attached hydrogen (secondary N) is 2. The van der Waals surface area contributed by atoms with E-state index in [9.17, 15) is 9.59 Å². The van der Waals surface area contributed by atoms with E-state index in [1.165, 1.54) is 9.80 Å². The normalized spacial score (nSPS) is 30.8. The highest BCUT2D eigenvalue weighted by Crippen LogP contribution is 2.46. The van der Waals surface area contributed by atoms with Crippen LogP contribution in [0.25, 0.3) is 0 Å². The summed E-state index contributed by atoms with van der Waals surface area (Å²) in [6, 6.07) is 1.59. The smallest absolute Gasteiger partial charge is 0.329 e. The van der Waals surface area contributed by atoms with E-state index in [0.29, 0.717) is 12.6 Å². The van der Waals surface area contributed by atoms with Crippen LogP contribution in [0.3, 0.4) is 0 Å². The van der Waals surface area contributed by atoms with Crippen LogP contribution >= 0.6 is 0 Å². The molecule has 4 rings (SSSR count). The standard InChI is InChI=1S/C20H30N6O2/c1-15-11-19(2,3)13-20(12-15)16(27)26(18(28)23-20)14-24-7-9-25(10-8-24)17-21-5-4-6-22-17/h4-6,15H,7-14H2,1-3H3,(H,23,28)/p+1/t15-,20+/m0/s1. The highest BCUT2D eigenvalue weighted by molar-refractivity contribution is 6.07. The first-order valence-electron chi connectivity index (χ1n) is 10.3. The summed E-state index contributed by atoms with van der Waals surface area (Å²) < 4.78 is 0. The molecule has 3 aliphatic rings. The van der Waals surface area contributed by atoms with Crippen LogP contribution in [0.2, 0.25) is 0 Å². The number of quaternary nitrogens is 1. The highest BCUT2D eigenvalue weighted by atomic mass is 16.2. The number of rotatable bonds is 3. The van der Waals surface area contributed by atoms with E-state index in [4.69, 9.17) is 0 Å². The minimum Gasteiger partial charge on any atom is -0.330 e. The average molecular weight is 388 g/mol. The van der Waals surface area contributed by atoms with Crippen molar-refractivity contribution >= 4 is 17.9 Å². The number of hydrogen-bond acceptors (Lipinski definition) is 5. The third-order valence-electron chi connectivity index (χ3n) is 6.31. The second kappa shape index (κ2) is 6.99. The van der Waals surface area contributed by atoms with Crippen molar-refractivity contribution in [3.63, 3.8) is 0 Å². The lowest BCUT2D eigenvalue weighted by Crippen LogP contribution is -3.16. The minimum atomic E-state index is -0.711. The van der Waals surface area contributed by atoms with E-state index in [-0.39, 0.29) is 17.4 Å². The topological polar surface area (TPSA) is 82.9 Å². The van der Waals surface area contributed by atoms with Gasteiger partial charge in [0.2, 0.25) is 5.95 Å². The molecule has 2 N–H and O–H groups in total. The molecule has 8 nitrogen and oxygen atoms in total. The summed E-state index contributed by atoms with van der Waals surface area (Å²) in [4.78, 5) is 39.4. The number of urea groups is 1. The molecule has 1 aliphatic carbocycles. The molecule has 3 amide bonds. The number of piperazine rings is 1. The molecule has 0 radical (unpaired) electrons. The van der Waals surface area contributed by atoms with Crippen molar-refractivity contribution in [1.29, 1.82) is 0 Å². The SMILES string of the molecule is C[C@H]1CC(C)(C)C[C@@]2(C1)NC(=O)N(C[NH+]1CCN(c3ncccn3)CC1)C2=O. The van der Waals surface area contributed by atoms with Crippen molar-refractivity contribution < 1.29 is 14.5 Å². The zero-order chi connectivity index (χ0) is 19.9. The van der Waals surface area contributed by atoms with Crippen LogP contribution in [-0.4, -0.2) is 65.2 Å². The number of hydrogen-bond donors (Lipinski definition) is 2. The van der Waals surface area contributed by atoms with E-state index in [1.54, 1.807) is 12.4 Å². The Morgan fingerprint density at radius 2 is 1.86 bits per heavy atom. The molecule has 0 bridgehead atoms. The first kappa shape index (κ1) is 19.1. The monoisotopic (exact) mass is 387 g/mol. The van der Waals surface area contributed by atoms with E-state index in [0.717, 1.165) is 51.4 Å². The number of nitrogens with zero attached hydrogens (tertiary/aromatic N) is 4. The van der Waals surface area contributed by atoms with Gasteiger partial charge in [-0.2, -0.15) is 0 Å². The maximum Gasteiger partial charge on any atom is 0.329 e. The molecule has 3 heterocycles. The molecule has 1 aromatic rings. The summed E-state index contributed by atoms with van der Waals surface area (Å²) in [5, 5.41) is 3.07. The number of aromatic nitrogens is 2. The summed E-state index contributed by atoms with van der Waals surface area (Å²) in [5.41, 5.74) is -0.651. The van der Waals surface area contributed by atoms with Crippen LogP contribution in [0, 0.1) is 11.3 Å². The van der Waals surface area contributed by atoms with Crippen molar-refractivity contribution in [2.75, 3.05) is 37.7 Å². The molecule has 2 aliphatic heterocycles. The molecule has 28 heavy (non-hydrogen) atoms. The molecule has 0 unspecified atom stereocenters. The maximum atomic E-state index is 13.3. The Morgan fingerprint density at radius 3 is 2.50 bits per heavy atom. The number of carbonyl (C=O) groups excluding carboxylic acids is 2. The Hall–Kier alpha value is -2.22. The van der Waals surface area contributed by atoms with Gasteiger partial charge in [-0.15, -0.1) is 0 Å². The van der Waals surface area contributed by atoms with Gasteiger partial charge >= 0.3 is 6.03 Å². The minimum absolute atomic E-state index is 0.0292. The third-order valence-corrected chi connectivity index (χ3v) is 6.31. The summed E-state index contributed by atoms with van der Waals surface area (Å²) in [5.74, 6) is 1.14. The first-order valence-corrected chi connectivity index (χ1v) is 10.3. The van der Waals surface area contributed by atoms with Crippen LogP contribution in [-0.2, 0) is 4.79 Å². The van der Waals surface area contributed by atoms with Gasteiger partial charge in [-0.25, -0.2) is 19.7 Å². The molecule has 2 saturated heterocycles. The van der Waals surface area contributed by atoms with Crippen molar-refractivity contribution in [3.8, 4) is 0 Å². The second-order valence-corrected chi connectivity index (χ2v) is 9.54. The summed E-state index contributed by atoms with van der Waals surface area (Å²) in [7, 11) is 0. The first-order chi connectivity index (χ1) is 13.3. The molecule has 1 aromatic heterocycles. The zero-order valence-electron chi connectivity index (χ0n) is 17.1. The second-order valence-electron chi connectivity index (χ2n) is 9.54. The average Bonchev–Trinajstić information content (AvgIpc) is 2.85. The van der Waals surface area contributed by atoms with Gasteiger partial charge in [0.25, 0.3) is 5.91 Å². The van der Waals surface area contributed by atoms with Gasteiger partial charge < -0.3 is 15.1 Å². The van der Waals surface area contributed by atoms with Crippen LogP contribution < -0.4 is 15.1 Å². The fourth-order valence-corrected chi connectivity index (χ4v) is 5.51. The fourth-order valence-electron chi connectivity index (χ4n) is 5.51. The van der Waals surface area contributed by atoms with Gasteiger partial charge in [0.15, 0.2) is 6.67 Å². The Balaban J connectivity index is 1.39. The van der Waals surface area contributed by atoms with Crippen molar-refractivity contribution in [3.05, 3.63) is 18.5 Å². The number of amides is 3. The van der Waals surface area contributed by atoms with Gasteiger partial charge in [0.05, 0.1) is 26.2 Å². The maximum absolute atomic E-state index is 13.3. The van der Waals surface area contributed by atoms with E-state index in [2.05, 4.69) is 41.0 Å². The zero-order valence-corrected chi connectivity index (χ0v) is 17.1. The molecule has 3 fully saturated rings. The van der Waals surface area contributed by atoms with E-state index < -0.39 is 5.54 Å². The Morgan fingerprint density at radius 1 is 1.18 bits per heavy atom. The van der Waals surface area contributed by atoms with Crippen molar-refractivity contribution in [2.45, 2.75) is 45.6 Å². The lowest BCUT2D eigenvalue weighted by atomic mass is 9.64. The fraction of sp³-hybridized carbons (Fsp3) is 0.700. The Kier molecular flexibility index (Phi) is 4.77. The third kappa shape index (κ3) is 3.57. The number of carbonyl (C=O) groups is 2. The summed E-state index contributed by atoms with van der Waals surface area (Å²) in [6.45, 7) is 10.3. The molecule has 1 saturated carbocycles. The van der Waals surface area contributed by atoms with Crippen LogP contribution in [0.15, 0.2) is 18.5 Å². The van der Waals surface area contributed by atoms with Crippen LogP contribution in [0.1, 0.15) is 40.0 Å². The quantitative estimate of drug-likeness (QED) is 0.728. The molecule has 8 heteroatoms. The predicted octanol–water partition coefficient (Wildman–Crippen LogP) is 0.276. The van der Waals surface area contributed by atoms with Crippen molar-refractivity contribution in [1.82, 2.24) is 20.2 Å².